The maximum Gasteiger partial charge on any atom is 0.416 e. The third kappa shape index (κ3) is 5.68. The molecule has 1 saturated heterocycles. The average Bonchev–Trinajstić information content (AvgIpc) is 3.23. The van der Waals surface area contributed by atoms with Gasteiger partial charge in [0.05, 0.1) is 22.6 Å². The Labute approximate surface area is 195 Å². The summed E-state index contributed by atoms with van der Waals surface area (Å²) in [6, 6.07) is 3.84. The second-order valence-corrected chi connectivity index (χ2v) is 9.74. The van der Waals surface area contributed by atoms with Crippen LogP contribution in [0.2, 0.25) is 0 Å². The number of likely N-dealkylation sites (tertiary alicyclic amines) is 1. The largest absolute Gasteiger partial charge is 0.416 e. The number of halogens is 6. The molecule has 1 amide bonds. The summed E-state index contributed by atoms with van der Waals surface area (Å²) in [5, 5.41) is 11.7. The number of carbonyl (C=O) groups excluding carboxylic acids is 1. The topological polar surface area (TPSA) is 56.1 Å². The first-order valence-corrected chi connectivity index (χ1v) is 11.5. The zero-order valence-electron chi connectivity index (χ0n) is 19.2. The Morgan fingerprint density at radius 3 is 2.12 bits per heavy atom. The van der Waals surface area contributed by atoms with Crippen LogP contribution in [0.5, 0.6) is 0 Å². The number of carbonyl (C=O) groups is 1. The molecule has 1 aromatic carbocycles. The number of alkyl halides is 6. The molecular weight excluding hydrogens is 460 g/mol. The third-order valence-electron chi connectivity index (χ3n) is 7.41. The minimum atomic E-state index is -4.93. The number of rotatable bonds is 5. The van der Waals surface area contributed by atoms with Gasteiger partial charge in [-0.3, -0.25) is 4.79 Å². The SMILES string of the molecule is CC(C)C1(C(=O)NCc2cc(C(F)(F)F)cc(C(F)(F)F)c2)CCC(N2CCC(C#N)CC2)C1. The van der Waals surface area contributed by atoms with E-state index >= 15 is 0 Å². The highest BCUT2D eigenvalue weighted by atomic mass is 19.4. The number of nitriles is 1. The predicted molar refractivity (Wildman–Crippen MR) is 113 cm³/mol. The highest BCUT2D eigenvalue weighted by molar-refractivity contribution is 5.83. The minimum Gasteiger partial charge on any atom is -0.352 e. The minimum absolute atomic E-state index is 0.0462. The van der Waals surface area contributed by atoms with Gasteiger partial charge in [0.15, 0.2) is 0 Å². The number of benzene rings is 1. The lowest BCUT2D eigenvalue weighted by Gasteiger charge is -2.37. The summed E-state index contributed by atoms with van der Waals surface area (Å²) in [6.07, 6.45) is -6.35. The van der Waals surface area contributed by atoms with E-state index in [-0.39, 0.29) is 35.4 Å². The molecule has 0 radical (unpaired) electrons. The second-order valence-electron chi connectivity index (χ2n) is 9.74. The number of amides is 1. The molecule has 34 heavy (non-hydrogen) atoms. The van der Waals surface area contributed by atoms with Crippen molar-refractivity contribution in [3.63, 3.8) is 0 Å². The highest BCUT2D eigenvalue weighted by Crippen LogP contribution is 2.47. The highest BCUT2D eigenvalue weighted by Gasteiger charge is 2.49. The van der Waals surface area contributed by atoms with Gasteiger partial charge in [-0.25, -0.2) is 0 Å². The van der Waals surface area contributed by atoms with E-state index in [1.165, 1.54) is 0 Å². The second kappa shape index (κ2) is 9.76. The van der Waals surface area contributed by atoms with E-state index in [9.17, 15) is 31.1 Å². The lowest BCUT2D eigenvalue weighted by molar-refractivity contribution is -0.143. The molecule has 4 nitrogen and oxygen atoms in total. The van der Waals surface area contributed by atoms with Crippen LogP contribution in [-0.4, -0.2) is 29.9 Å². The van der Waals surface area contributed by atoms with Crippen LogP contribution in [0.15, 0.2) is 18.2 Å². The van der Waals surface area contributed by atoms with Gasteiger partial charge in [-0.2, -0.15) is 31.6 Å². The van der Waals surface area contributed by atoms with Crippen molar-refractivity contribution >= 4 is 5.91 Å². The molecule has 1 aromatic rings. The molecule has 0 aromatic heterocycles. The molecule has 3 rings (SSSR count). The van der Waals surface area contributed by atoms with Crippen molar-refractivity contribution in [2.24, 2.45) is 17.3 Å². The molecule has 1 heterocycles. The van der Waals surface area contributed by atoms with Crippen molar-refractivity contribution in [1.82, 2.24) is 10.2 Å². The summed E-state index contributed by atoms with van der Waals surface area (Å²) < 4.78 is 78.8. The van der Waals surface area contributed by atoms with E-state index in [0.29, 0.717) is 25.0 Å². The summed E-state index contributed by atoms with van der Waals surface area (Å²) in [5.74, 6) is -0.353. The first-order valence-electron chi connectivity index (χ1n) is 11.5. The summed E-state index contributed by atoms with van der Waals surface area (Å²) >= 11 is 0. The zero-order valence-corrected chi connectivity index (χ0v) is 19.2. The maximum absolute atomic E-state index is 13.3. The molecule has 2 aliphatic rings. The number of nitrogens with zero attached hydrogens (tertiary/aromatic N) is 2. The van der Waals surface area contributed by atoms with Gasteiger partial charge in [0.2, 0.25) is 5.91 Å². The summed E-state index contributed by atoms with van der Waals surface area (Å²) in [6.45, 7) is 4.97. The molecule has 1 N–H and O–H groups in total. The van der Waals surface area contributed by atoms with E-state index in [1.54, 1.807) is 0 Å². The van der Waals surface area contributed by atoms with Crippen molar-refractivity contribution in [1.29, 1.82) is 5.26 Å². The quantitative estimate of drug-likeness (QED) is 0.535. The average molecular weight is 490 g/mol. The summed E-state index contributed by atoms with van der Waals surface area (Å²) in [7, 11) is 0. The van der Waals surface area contributed by atoms with Gasteiger partial charge in [-0.15, -0.1) is 0 Å². The van der Waals surface area contributed by atoms with E-state index in [2.05, 4.69) is 16.3 Å². The van der Waals surface area contributed by atoms with Crippen LogP contribution in [0.1, 0.15) is 62.6 Å². The fourth-order valence-corrected chi connectivity index (χ4v) is 5.23. The van der Waals surface area contributed by atoms with Crippen LogP contribution in [0, 0.1) is 28.6 Å². The van der Waals surface area contributed by atoms with Crippen LogP contribution < -0.4 is 5.32 Å². The Kier molecular flexibility index (Phi) is 7.56. The Bertz CT molecular complexity index is 896. The molecular formula is C24H29F6N3O. The van der Waals surface area contributed by atoms with Crippen LogP contribution in [0.25, 0.3) is 0 Å². The normalized spacial score (nSPS) is 24.9. The Morgan fingerprint density at radius 1 is 1.09 bits per heavy atom. The molecule has 10 heteroatoms. The zero-order chi connectivity index (χ0) is 25.3. The molecule has 0 bridgehead atoms. The number of nitrogens with one attached hydrogen (secondary N) is 1. The maximum atomic E-state index is 13.3. The Morgan fingerprint density at radius 2 is 1.65 bits per heavy atom. The summed E-state index contributed by atoms with van der Waals surface area (Å²) in [4.78, 5) is 15.6. The van der Waals surface area contributed by atoms with Crippen molar-refractivity contribution < 1.29 is 31.1 Å². The fourth-order valence-electron chi connectivity index (χ4n) is 5.23. The van der Waals surface area contributed by atoms with Gasteiger partial charge in [-0.1, -0.05) is 13.8 Å². The van der Waals surface area contributed by atoms with Gasteiger partial charge in [0.25, 0.3) is 0 Å². The van der Waals surface area contributed by atoms with E-state index in [1.807, 2.05) is 13.8 Å². The standard InChI is InChI=1S/C24H29F6N3O/c1-15(2)22(6-3-20(12-22)33-7-4-16(13-31)5-8-33)21(34)32-14-17-9-18(23(25,26)27)11-19(10-17)24(28,29)30/h9-11,15-16,20H,3-8,12,14H2,1-2H3,(H,32,34). The predicted octanol–water partition coefficient (Wildman–Crippen LogP) is 5.77. The van der Waals surface area contributed by atoms with Gasteiger partial charge in [0.1, 0.15) is 0 Å². The van der Waals surface area contributed by atoms with Crippen LogP contribution >= 0.6 is 0 Å². The number of piperidine rings is 1. The van der Waals surface area contributed by atoms with Crippen LogP contribution in [0.3, 0.4) is 0 Å². The smallest absolute Gasteiger partial charge is 0.352 e. The van der Waals surface area contributed by atoms with Gasteiger partial charge < -0.3 is 10.2 Å². The molecule has 2 unspecified atom stereocenters. The summed E-state index contributed by atoms with van der Waals surface area (Å²) in [5.41, 5.74) is -3.79. The third-order valence-corrected chi connectivity index (χ3v) is 7.41. The fraction of sp³-hybridized carbons (Fsp3) is 0.667. The van der Waals surface area contributed by atoms with Gasteiger partial charge in [-0.05, 0) is 74.9 Å². The van der Waals surface area contributed by atoms with E-state index in [0.717, 1.165) is 32.4 Å². The van der Waals surface area contributed by atoms with E-state index < -0.39 is 35.4 Å². The van der Waals surface area contributed by atoms with Gasteiger partial charge in [0, 0.05) is 18.5 Å². The molecule has 1 saturated carbocycles. The van der Waals surface area contributed by atoms with Gasteiger partial charge >= 0.3 is 12.4 Å². The molecule has 188 valence electrons. The van der Waals surface area contributed by atoms with Crippen molar-refractivity contribution in [2.45, 2.75) is 70.9 Å². The lowest BCUT2D eigenvalue weighted by atomic mass is 9.74. The molecule has 1 aliphatic heterocycles. The first-order chi connectivity index (χ1) is 15.8. The van der Waals surface area contributed by atoms with Crippen molar-refractivity contribution in [3.05, 3.63) is 34.9 Å². The van der Waals surface area contributed by atoms with E-state index in [4.69, 9.17) is 5.26 Å². The Hall–Kier alpha value is -2.28. The molecule has 0 spiro atoms. The molecule has 1 aliphatic carbocycles. The lowest BCUT2D eigenvalue weighted by Crippen LogP contribution is -2.45. The molecule has 2 fully saturated rings. The first kappa shape index (κ1) is 26.3. The molecule has 2 atom stereocenters. The van der Waals surface area contributed by atoms with Crippen LogP contribution in [-0.2, 0) is 23.7 Å². The van der Waals surface area contributed by atoms with Crippen molar-refractivity contribution in [3.8, 4) is 6.07 Å². The monoisotopic (exact) mass is 489 g/mol. The Balaban J connectivity index is 1.73. The van der Waals surface area contributed by atoms with Crippen molar-refractivity contribution in [2.75, 3.05) is 13.1 Å². The number of hydrogen-bond donors (Lipinski definition) is 1. The number of hydrogen-bond acceptors (Lipinski definition) is 3. The van der Waals surface area contributed by atoms with Crippen LogP contribution in [0.4, 0.5) is 26.3 Å².